The van der Waals surface area contributed by atoms with Crippen LogP contribution in [-0.4, -0.2) is 7.11 Å². The van der Waals surface area contributed by atoms with E-state index in [4.69, 9.17) is 4.74 Å². The molecule has 2 heteroatoms. The van der Waals surface area contributed by atoms with Crippen LogP contribution in [0.1, 0.15) is 50.0 Å². The molecule has 0 fully saturated rings. The van der Waals surface area contributed by atoms with Crippen molar-refractivity contribution in [3.05, 3.63) is 40.8 Å². The molecule has 0 atom stereocenters. The second-order valence-electron chi connectivity index (χ2n) is 5.47. The predicted molar refractivity (Wildman–Crippen MR) is 84.5 cm³/mol. The van der Waals surface area contributed by atoms with Gasteiger partial charge < -0.3 is 4.74 Å². The number of hydrogen-bond donors (Lipinski definition) is 0. The van der Waals surface area contributed by atoms with Crippen LogP contribution < -0.4 is 4.74 Å². The summed E-state index contributed by atoms with van der Waals surface area (Å²) in [7, 11) is 1.74. The third-order valence-electron chi connectivity index (χ3n) is 3.35. The van der Waals surface area contributed by atoms with Crippen molar-refractivity contribution in [2.75, 3.05) is 7.11 Å². The molecule has 0 amide bonds. The number of rotatable bonds is 4. The first kappa shape index (κ1) is 14.1. The SMILES string of the molecule is COc1ccc(C(C)C)cc1-c1ccc(C(C)C)s1. The minimum absolute atomic E-state index is 0.536. The highest BCUT2D eigenvalue weighted by molar-refractivity contribution is 7.15. The zero-order chi connectivity index (χ0) is 14.0. The Balaban J connectivity index is 2.48. The smallest absolute Gasteiger partial charge is 0.127 e. The Morgan fingerprint density at radius 2 is 1.68 bits per heavy atom. The van der Waals surface area contributed by atoms with Gasteiger partial charge in [-0.25, -0.2) is 0 Å². The second-order valence-corrected chi connectivity index (χ2v) is 6.59. The average Bonchev–Trinajstić information content (AvgIpc) is 2.87. The molecule has 1 nitrogen and oxygen atoms in total. The van der Waals surface area contributed by atoms with Gasteiger partial charge in [-0.05, 0) is 41.7 Å². The fraction of sp³-hybridized carbons (Fsp3) is 0.412. The molecule has 0 aliphatic carbocycles. The number of hydrogen-bond acceptors (Lipinski definition) is 2. The molecule has 1 heterocycles. The van der Waals surface area contributed by atoms with Crippen molar-refractivity contribution in [1.82, 2.24) is 0 Å². The lowest BCUT2D eigenvalue weighted by Gasteiger charge is -2.11. The van der Waals surface area contributed by atoms with E-state index in [0.717, 1.165) is 5.75 Å². The van der Waals surface area contributed by atoms with E-state index in [9.17, 15) is 0 Å². The van der Waals surface area contributed by atoms with Crippen molar-refractivity contribution in [3.8, 4) is 16.2 Å². The topological polar surface area (TPSA) is 9.23 Å². The Hall–Kier alpha value is -1.28. The predicted octanol–water partition coefficient (Wildman–Crippen LogP) is 5.67. The summed E-state index contributed by atoms with van der Waals surface area (Å²) in [6, 6.07) is 10.9. The summed E-state index contributed by atoms with van der Waals surface area (Å²) in [6.07, 6.45) is 0. The molecule has 2 aromatic rings. The lowest BCUT2D eigenvalue weighted by atomic mass is 9.99. The first-order valence-electron chi connectivity index (χ1n) is 6.81. The summed E-state index contributed by atoms with van der Waals surface area (Å²) in [6.45, 7) is 8.91. The lowest BCUT2D eigenvalue weighted by molar-refractivity contribution is 0.416. The maximum Gasteiger partial charge on any atom is 0.127 e. The monoisotopic (exact) mass is 274 g/mol. The molecule has 0 N–H and O–H groups in total. The zero-order valence-electron chi connectivity index (χ0n) is 12.4. The number of ether oxygens (including phenoxy) is 1. The van der Waals surface area contributed by atoms with Crippen LogP contribution in [0.25, 0.3) is 10.4 Å². The van der Waals surface area contributed by atoms with Crippen LogP contribution in [0.15, 0.2) is 30.3 Å². The lowest BCUT2D eigenvalue weighted by Crippen LogP contribution is -1.91. The van der Waals surface area contributed by atoms with Crippen molar-refractivity contribution in [2.45, 2.75) is 39.5 Å². The summed E-state index contributed by atoms with van der Waals surface area (Å²) < 4.78 is 5.51. The average molecular weight is 274 g/mol. The molecule has 0 saturated heterocycles. The molecule has 0 aliphatic heterocycles. The van der Waals surface area contributed by atoms with Crippen LogP contribution in [0.4, 0.5) is 0 Å². The van der Waals surface area contributed by atoms with Crippen molar-refractivity contribution >= 4 is 11.3 Å². The Bertz CT molecular complexity index is 552. The summed E-state index contributed by atoms with van der Waals surface area (Å²) in [5, 5.41) is 0. The van der Waals surface area contributed by atoms with E-state index < -0.39 is 0 Å². The van der Waals surface area contributed by atoms with Crippen LogP contribution in [-0.2, 0) is 0 Å². The molecule has 0 radical (unpaired) electrons. The van der Waals surface area contributed by atoms with E-state index in [2.05, 4.69) is 58.0 Å². The molecule has 0 bridgehead atoms. The van der Waals surface area contributed by atoms with Crippen molar-refractivity contribution in [3.63, 3.8) is 0 Å². The van der Waals surface area contributed by atoms with Crippen LogP contribution in [0.3, 0.4) is 0 Å². The fourth-order valence-corrected chi connectivity index (χ4v) is 3.12. The molecule has 2 rings (SSSR count). The van der Waals surface area contributed by atoms with E-state index in [0.29, 0.717) is 11.8 Å². The summed E-state index contributed by atoms with van der Waals surface area (Å²) in [5.74, 6) is 2.08. The molecular formula is C17H22OS. The molecule has 1 aromatic carbocycles. The van der Waals surface area contributed by atoms with Crippen LogP contribution in [0.2, 0.25) is 0 Å². The highest BCUT2D eigenvalue weighted by Gasteiger charge is 2.12. The Labute approximate surface area is 120 Å². The minimum atomic E-state index is 0.536. The standard InChI is InChI=1S/C17H22OS/c1-11(2)13-6-7-15(18-5)14(10-13)17-9-8-16(19-17)12(3)4/h6-12H,1-5H3. The highest BCUT2D eigenvalue weighted by Crippen LogP contribution is 2.38. The normalized spacial score (nSPS) is 11.3. The first-order chi connectivity index (χ1) is 9.02. The van der Waals surface area contributed by atoms with Gasteiger partial charge in [0.15, 0.2) is 0 Å². The number of thiophene rings is 1. The molecule has 0 unspecified atom stereocenters. The molecule has 102 valence electrons. The van der Waals surface area contributed by atoms with E-state index in [1.54, 1.807) is 7.11 Å². The number of methoxy groups -OCH3 is 1. The van der Waals surface area contributed by atoms with Crippen LogP contribution >= 0.6 is 11.3 Å². The number of benzene rings is 1. The van der Waals surface area contributed by atoms with Gasteiger partial charge in [-0.15, -0.1) is 11.3 Å². The van der Waals surface area contributed by atoms with Gasteiger partial charge in [0.2, 0.25) is 0 Å². The third-order valence-corrected chi connectivity index (χ3v) is 4.77. The second kappa shape index (κ2) is 5.79. The van der Waals surface area contributed by atoms with Crippen LogP contribution in [0.5, 0.6) is 5.75 Å². The van der Waals surface area contributed by atoms with Gasteiger partial charge in [-0.2, -0.15) is 0 Å². The van der Waals surface area contributed by atoms with Gasteiger partial charge in [0, 0.05) is 15.3 Å². The maximum absolute atomic E-state index is 5.51. The van der Waals surface area contributed by atoms with E-state index in [1.807, 2.05) is 11.3 Å². The van der Waals surface area contributed by atoms with Gasteiger partial charge in [0.25, 0.3) is 0 Å². The minimum Gasteiger partial charge on any atom is -0.496 e. The van der Waals surface area contributed by atoms with Gasteiger partial charge >= 0.3 is 0 Å². The fourth-order valence-electron chi connectivity index (χ4n) is 2.09. The molecular weight excluding hydrogens is 252 g/mol. The van der Waals surface area contributed by atoms with Crippen molar-refractivity contribution in [2.24, 2.45) is 0 Å². The van der Waals surface area contributed by atoms with Crippen LogP contribution in [0, 0.1) is 0 Å². The Kier molecular flexibility index (Phi) is 4.31. The zero-order valence-corrected chi connectivity index (χ0v) is 13.2. The summed E-state index contributed by atoms with van der Waals surface area (Å²) in [4.78, 5) is 2.72. The first-order valence-corrected chi connectivity index (χ1v) is 7.62. The maximum atomic E-state index is 5.51. The quantitative estimate of drug-likeness (QED) is 0.698. The van der Waals surface area contributed by atoms with Gasteiger partial charge in [-0.1, -0.05) is 33.8 Å². The molecule has 0 spiro atoms. The van der Waals surface area contributed by atoms with E-state index in [1.165, 1.54) is 20.9 Å². The van der Waals surface area contributed by atoms with E-state index >= 15 is 0 Å². The molecule has 19 heavy (non-hydrogen) atoms. The molecule has 1 aromatic heterocycles. The van der Waals surface area contributed by atoms with Crippen molar-refractivity contribution < 1.29 is 4.74 Å². The van der Waals surface area contributed by atoms with Gasteiger partial charge in [0.05, 0.1) is 7.11 Å². The largest absolute Gasteiger partial charge is 0.496 e. The Morgan fingerprint density at radius 1 is 0.947 bits per heavy atom. The molecule has 0 aliphatic rings. The van der Waals surface area contributed by atoms with Gasteiger partial charge in [-0.3, -0.25) is 0 Å². The van der Waals surface area contributed by atoms with Gasteiger partial charge in [0.1, 0.15) is 5.75 Å². The highest BCUT2D eigenvalue weighted by atomic mass is 32.1. The summed E-state index contributed by atoms with van der Waals surface area (Å²) >= 11 is 1.86. The Morgan fingerprint density at radius 3 is 2.21 bits per heavy atom. The third kappa shape index (κ3) is 3.01. The van der Waals surface area contributed by atoms with E-state index in [-0.39, 0.29) is 0 Å². The molecule has 0 saturated carbocycles. The van der Waals surface area contributed by atoms with Crippen molar-refractivity contribution in [1.29, 1.82) is 0 Å². The summed E-state index contributed by atoms with van der Waals surface area (Å²) in [5.41, 5.74) is 2.57.